The summed E-state index contributed by atoms with van der Waals surface area (Å²) >= 11 is 0. The van der Waals surface area contributed by atoms with E-state index in [0.717, 1.165) is 11.6 Å². The van der Waals surface area contributed by atoms with Crippen LogP contribution in [0, 0.1) is 6.92 Å². The van der Waals surface area contributed by atoms with Crippen molar-refractivity contribution in [3.8, 4) is 11.5 Å². The highest BCUT2D eigenvalue weighted by Gasteiger charge is 2.31. The lowest BCUT2D eigenvalue weighted by molar-refractivity contribution is -0.137. The summed E-state index contributed by atoms with van der Waals surface area (Å²) in [5.74, 6) is 0.419. The summed E-state index contributed by atoms with van der Waals surface area (Å²) in [6.45, 7) is 1.46. The van der Waals surface area contributed by atoms with Gasteiger partial charge >= 0.3 is 6.18 Å². The second-order valence-electron chi connectivity index (χ2n) is 7.14. The zero-order valence-corrected chi connectivity index (χ0v) is 17.9. The number of benzene rings is 1. The number of hydrogen-bond donors (Lipinski definition) is 2. The lowest BCUT2D eigenvalue weighted by Gasteiger charge is -2.11. The monoisotopic (exact) mass is 458 g/mol. The Bertz CT molecular complexity index is 1150. The first-order valence-corrected chi connectivity index (χ1v) is 9.94. The number of pyridine rings is 2. The Kier molecular flexibility index (Phi) is 7.27. The maximum Gasteiger partial charge on any atom is 0.417 e. The van der Waals surface area contributed by atoms with E-state index in [9.17, 15) is 22.8 Å². The van der Waals surface area contributed by atoms with Crippen LogP contribution in [0.5, 0.6) is 11.5 Å². The molecule has 3 rings (SSSR count). The molecule has 0 aliphatic carbocycles. The van der Waals surface area contributed by atoms with Crippen molar-refractivity contribution in [2.24, 2.45) is 0 Å². The fraction of sp³-hybridized carbons (Fsp3) is 0.217. The summed E-state index contributed by atoms with van der Waals surface area (Å²) in [6, 6.07) is 11.2. The molecule has 0 atom stereocenters. The van der Waals surface area contributed by atoms with Crippen molar-refractivity contribution in [1.29, 1.82) is 0 Å². The van der Waals surface area contributed by atoms with E-state index in [0.29, 0.717) is 24.1 Å². The Morgan fingerprint density at radius 1 is 1.03 bits per heavy atom. The summed E-state index contributed by atoms with van der Waals surface area (Å²) in [5.41, 5.74) is 0.470. The Morgan fingerprint density at radius 2 is 1.76 bits per heavy atom. The number of carbonyl (C=O) groups is 2. The van der Waals surface area contributed by atoms with Gasteiger partial charge in [-0.3, -0.25) is 14.6 Å². The lowest BCUT2D eigenvalue weighted by atomic mass is 10.1. The van der Waals surface area contributed by atoms with E-state index < -0.39 is 11.7 Å². The number of aromatic nitrogens is 2. The number of amides is 2. The molecule has 3 aromatic rings. The van der Waals surface area contributed by atoms with Crippen molar-refractivity contribution >= 4 is 17.6 Å². The summed E-state index contributed by atoms with van der Waals surface area (Å²) in [4.78, 5) is 31.6. The van der Waals surface area contributed by atoms with Gasteiger partial charge < -0.3 is 15.4 Å². The highest BCUT2D eigenvalue weighted by Crippen LogP contribution is 2.30. The molecule has 7 nitrogen and oxygen atoms in total. The topological polar surface area (TPSA) is 93.2 Å². The van der Waals surface area contributed by atoms with Gasteiger partial charge in [-0.05, 0) is 48.7 Å². The molecule has 172 valence electrons. The van der Waals surface area contributed by atoms with E-state index in [-0.39, 0.29) is 35.3 Å². The standard InChI is InChI=1S/C23H21F3N4O3/c1-14-11-16(23(24,25)26)13-29-21(14)30-20(31)8-5-15-3-6-17(7-4-15)33-18-9-10-28-19(12-18)22(32)27-2/h3-4,6-7,9-13H,5,8H2,1-2H3,(H,27,32)(H,29,30,31). The predicted octanol–water partition coefficient (Wildman–Crippen LogP) is 4.53. The van der Waals surface area contributed by atoms with Gasteiger partial charge in [-0.15, -0.1) is 0 Å². The first kappa shape index (κ1) is 23.7. The van der Waals surface area contributed by atoms with E-state index in [1.807, 2.05) is 0 Å². The molecule has 0 spiro atoms. The molecule has 0 aliphatic heterocycles. The third kappa shape index (κ3) is 6.52. The number of hydrogen-bond acceptors (Lipinski definition) is 5. The fourth-order valence-electron chi connectivity index (χ4n) is 2.90. The number of ether oxygens (including phenoxy) is 1. The van der Waals surface area contributed by atoms with E-state index in [4.69, 9.17) is 4.74 Å². The van der Waals surface area contributed by atoms with Gasteiger partial charge in [0.05, 0.1) is 5.56 Å². The molecule has 2 amide bonds. The summed E-state index contributed by atoms with van der Waals surface area (Å²) in [7, 11) is 1.51. The SMILES string of the molecule is CNC(=O)c1cc(Oc2ccc(CCC(=O)Nc3ncc(C(F)(F)F)cc3C)cc2)ccn1. The van der Waals surface area contributed by atoms with Crippen molar-refractivity contribution in [3.05, 3.63) is 77.2 Å². The summed E-state index contributed by atoms with van der Waals surface area (Å²) < 4.78 is 43.9. The second kappa shape index (κ2) is 10.1. The Balaban J connectivity index is 1.54. The summed E-state index contributed by atoms with van der Waals surface area (Å²) in [6.07, 6.45) is -1.77. The Labute approximate surface area is 188 Å². The molecule has 2 heterocycles. The molecule has 0 saturated heterocycles. The highest BCUT2D eigenvalue weighted by molar-refractivity contribution is 5.92. The summed E-state index contributed by atoms with van der Waals surface area (Å²) in [5, 5.41) is 5.03. The first-order chi connectivity index (χ1) is 15.7. The van der Waals surface area contributed by atoms with Gasteiger partial charge in [0.1, 0.15) is 23.0 Å². The van der Waals surface area contributed by atoms with Crippen molar-refractivity contribution < 1.29 is 27.5 Å². The van der Waals surface area contributed by atoms with Crippen LogP contribution >= 0.6 is 0 Å². The van der Waals surface area contributed by atoms with Crippen molar-refractivity contribution in [3.63, 3.8) is 0 Å². The van der Waals surface area contributed by atoms with Crippen LogP contribution in [0.15, 0.2) is 54.9 Å². The van der Waals surface area contributed by atoms with Gasteiger partial charge in [0.25, 0.3) is 5.91 Å². The van der Waals surface area contributed by atoms with Crippen LogP contribution in [0.3, 0.4) is 0 Å². The van der Waals surface area contributed by atoms with E-state index in [1.165, 1.54) is 26.2 Å². The number of carbonyl (C=O) groups excluding carboxylic acids is 2. The molecule has 1 aromatic carbocycles. The molecule has 0 radical (unpaired) electrons. The van der Waals surface area contributed by atoms with Crippen molar-refractivity contribution in [2.45, 2.75) is 25.9 Å². The molecular formula is C23H21F3N4O3. The van der Waals surface area contributed by atoms with Gasteiger partial charge in [0, 0.05) is 31.9 Å². The van der Waals surface area contributed by atoms with Crippen molar-refractivity contribution in [1.82, 2.24) is 15.3 Å². The first-order valence-electron chi connectivity index (χ1n) is 9.94. The molecule has 0 unspecified atom stereocenters. The maximum atomic E-state index is 12.7. The van der Waals surface area contributed by atoms with Gasteiger partial charge in [0.2, 0.25) is 5.91 Å². The van der Waals surface area contributed by atoms with E-state index in [2.05, 4.69) is 20.6 Å². The molecule has 0 bridgehead atoms. The van der Waals surface area contributed by atoms with E-state index in [1.54, 1.807) is 30.3 Å². The normalized spacial score (nSPS) is 11.1. The molecule has 2 N–H and O–H groups in total. The van der Waals surface area contributed by atoms with Crippen LogP contribution in [0.4, 0.5) is 19.0 Å². The molecule has 0 fully saturated rings. The zero-order chi connectivity index (χ0) is 24.0. The molecule has 33 heavy (non-hydrogen) atoms. The van der Waals surface area contributed by atoms with Crippen LogP contribution in [0.2, 0.25) is 0 Å². The number of alkyl halides is 3. The number of rotatable bonds is 7. The number of nitrogens with zero attached hydrogens (tertiary/aromatic N) is 2. The fourth-order valence-corrected chi connectivity index (χ4v) is 2.90. The lowest BCUT2D eigenvalue weighted by Crippen LogP contribution is -2.18. The zero-order valence-electron chi connectivity index (χ0n) is 17.9. The number of aryl methyl sites for hydroxylation is 2. The van der Waals surface area contributed by atoms with Crippen LogP contribution in [0.1, 0.15) is 33.6 Å². The van der Waals surface area contributed by atoms with Gasteiger partial charge in [-0.1, -0.05) is 12.1 Å². The predicted molar refractivity (Wildman–Crippen MR) is 115 cm³/mol. The minimum absolute atomic E-state index is 0.102. The van der Waals surface area contributed by atoms with Crippen LogP contribution in [-0.2, 0) is 17.4 Å². The second-order valence-corrected chi connectivity index (χ2v) is 7.14. The minimum Gasteiger partial charge on any atom is -0.457 e. The highest BCUT2D eigenvalue weighted by atomic mass is 19.4. The van der Waals surface area contributed by atoms with Gasteiger partial charge in [-0.25, -0.2) is 4.98 Å². The van der Waals surface area contributed by atoms with E-state index >= 15 is 0 Å². The number of halogens is 3. The Hall–Kier alpha value is -3.95. The smallest absolute Gasteiger partial charge is 0.417 e. The largest absolute Gasteiger partial charge is 0.457 e. The quantitative estimate of drug-likeness (QED) is 0.543. The molecule has 0 aliphatic rings. The molecule has 0 saturated carbocycles. The maximum absolute atomic E-state index is 12.7. The Morgan fingerprint density at radius 3 is 2.39 bits per heavy atom. The van der Waals surface area contributed by atoms with Crippen LogP contribution in [0.25, 0.3) is 0 Å². The van der Waals surface area contributed by atoms with Crippen LogP contribution < -0.4 is 15.4 Å². The average Bonchev–Trinajstić information content (AvgIpc) is 2.79. The minimum atomic E-state index is -4.49. The third-order valence-corrected chi connectivity index (χ3v) is 4.65. The number of nitrogens with one attached hydrogen (secondary N) is 2. The van der Waals surface area contributed by atoms with Gasteiger partial charge in [-0.2, -0.15) is 13.2 Å². The van der Waals surface area contributed by atoms with Crippen molar-refractivity contribution in [2.75, 3.05) is 12.4 Å². The molecule has 2 aromatic heterocycles. The van der Waals surface area contributed by atoms with Crippen LogP contribution in [-0.4, -0.2) is 28.8 Å². The van der Waals surface area contributed by atoms with Gasteiger partial charge in [0.15, 0.2) is 0 Å². The third-order valence-electron chi connectivity index (χ3n) is 4.65. The molecule has 10 heteroatoms. The number of anilines is 1. The molecular weight excluding hydrogens is 437 g/mol. The average molecular weight is 458 g/mol.